The quantitative estimate of drug-likeness (QED) is 0.863. The summed E-state index contributed by atoms with van der Waals surface area (Å²) in [5, 5.41) is 3.01. The number of esters is 1. The molecule has 0 unspecified atom stereocenters. The Balaban J connectivity index is 1.82. The van der Waals surface area contributed by atoms with E-state index >= 15 is 0 Å². The van der Waals surface area contributed by atoms with Crippen LogP contribution in [0, 0.1) is 25.7 Å². The van der Waals surface area contributed by atoms with Gasteiger partial charge in [0.1, 0.15) is 0 Å². The van der Waals surface area contributed by atoms with Gasteiger partial charge in [-0.05, 0) is 38.2 Å². The third-order valence-electron chi connectivity index (χ3n) is 4.65. The number of nitrogens with one attached hydrogen (secondary N) is 1. The van der Waals surface area contributed by atoms with E-state index in [0.717, 1.165) is 22.6 Å². The standard InChI is InChI=1S/C17H25NO3S/c1-10-6-5-7-15(12(10)3)18-16(19)9-21-17(20)14-8-11(2)22-13(14)4/h8,10,12,15H,5-7,9H2,1-4H3,(H,18,19)/t10-,12+,15-/m1/s1. The molecule has 0 spiro atoms. The molecule has 3 atom stereocenters. The van der Waals surface area contributed by atoms with Gasteiger partial charge in [-0.15, -0.1) is 11.3 Å². The number of rotatable bonds is 4. The Morgan fingerprint density at radius 3 is 2.68 bits per heavy atom. The zero-order chi connectivity index (χ0) is 16.3. The first-order valence-electron chi connectivity index (χ1n) is 7.92. The predicted octanol–water partition coefficient (Wildman–Crippen LogP) is 3.46. The first-order valence-corrected chi connectivity index (χ1v) is 8.73. The van der Waals surface area contributed by atoms with Crippen LogP contribution in [0.25, 0.3) is 0 Å². The summed E-state index contributed by atoms with van der Waals surface area (Å²) in [7, 11) is 0. The van der Waals surface area contributed by atoms with Gasteiger partial charge in [-0.1, -0.05) is 26.7 Å². The highest BCUT2D eigenvalue weighted by Crippen LogP contribution is 2.29. The summed E-state index contributed by atoms with van der Waals surface area (Å²) >= 11 is 1.56. The molecule has 1 aliphatic rings. The number of ether oxygens (including phenoxy) is 1. The van der Waals surface area contributed by atoms with Crippen molar-refractivity contribution in [3.8, 4) is 0 Å². The van der Waals surface area contributed by atoms with Crippen LogP contribution < -0.4 is 5.32 Å². The van der Waals surface area contributed by atoms with Gasteiger partial charge in [-0.2, -0.15) is 0 Å². The maximum Gasteiger partial charge on any atom is 0.339 e. The smallest absolute Gasteiger partial charge is 0.339 e. The highest BCUT2D eigenvalue weighted by molar-refractivity contribution is 7.12. The molecular formula is C17H25NO3S. The summed E-state index contributed by atoms with van der Waals surface area (Å²) < 4.78 is 5.14. The number of amides is 1. The molecule has 22 heavy (non-hydrogen) atoms. The molecule has 1 amide bonds. The molecule has 122 valence electrons. The fraction of sp³-hybridized carbons (Fsp3) is 0.647. The van der Waals surface area contributed by atoms with Crippen LogP contribution in [0.3, 0.4) is 0 Å². The highest BCUT2D eigenvalue weighted by Gasteiger charge is 2.28. The molecule has 4 nitrogen and oxygen atoms in total. The Morgan fingerprint density at radius 1 is 1.32 bits per heavy atom. The largest absolute Gasteiger partial charge is 0.452 e. The number of carbonyl (C=O) groups is 2. The van der Waals surface area contributed by atoms with E-state index in [-0.39, 0.29) is 18.6 Å². The SMILES string of the molecule is Cc1cc(C(=O)OCC(=O)N[C@@H]2CCC[C@@H](C)[C@@H]2C)c(C)s1. The molecular weight excluding hydrogens is 298 g/mol. The lowest BCUT2D eigenvalue weighted by Crippen LogP contribution is -2.45. The zero-order valence-electron chi connectivity index (χ0n) is 13.8. The molecule has 1 N–H and O–H groups in total. The van der Waals surface area contributed by atoms with Crippen molar-refractivity contribution in [1.29, 1.82) is 0 Å². The van der Waals surface area contributed by atoms with Crippen molar-refractivity contribution < 1.29 is 14.3 Å². The highest BCUT2D eigenvalue weighted by atomic mass is 32.1. The van der Waals surface area contributed by atoms with E-state index in [9.17, 15) is 9.59 Å². The van der Waals surface area contributed by atoms with Gasteiger partial charge in [0.05, 0.1) is 5.56 Å². The molecule has 1 aliphatic carbocycles. The Bertz CT molecular complexity index is 552. The van der Waals surface area contributed by atoms with Gasteiger partial charge in [0.25, 0.3) is 5.91 Å². The fourth-order valence-electron chi connectivity index (χ4n) is 3.08. The Morgan fingerprint density at radius 2 is 2.05 bits per heavy atom. The van der Waals surface area contributed by atoms with Crippen LogP contribution in [0.2, 0.25) is 0 Å². The van der Waals surface area contributed by atoms with Crippen LogP contribution in [0.5, 0.6) is 0 Å². The minimum atomic E-state index is -0.415. The molecule has 1 aromatic rings. The number of aryl methyl sites for hydroxylation is 2. The molecule has 5 heteroatoms. The topological polar surface area (TPSA) is 55.4 Å². The molecule has 0 bridgehead atoms. The first kappa shape index (κ1) is 17.0. The number of hydrogen-bond donors (Lipinski definition) is 1. The average molecular weight is 323 g/mol. The third kappa shape index (κ3) is 4.09. The summed E-state index contributed by atoms with van der Waals surface area (Å²) in [6, 6.07) is 2.01. The summed E-state index contributed by atoms with van der Waals surface area (Å²) in [5.41, 5.74) is 0.565. The molecule has 1 fully saturated rings. The first-order chi connectivity index (χ1) is 10.4. The second-order valence-corrected chi connectivity index (χ2v) is 7.80. The molecule has 2 rings (SSSR count). The maximum atomic E-state index is 12.0. The summed E-state index contributed by atoms with van der Waals surface area (Å²) in [6.45, 7) is 8.04. The van der Waals surface area contributed by atoms with Gasteiger partial charge < -0.3 is 10.1 Å². The molecule has 0 aliphatic heterocycles. The van der Waals surface area contributed by atoms with Gasteiger partial charge in [0.15, 0.2) is 6.61 Å². The van der Waals surface area contributed by atoms with E-state index < -0.39 is 5.97 Å². The van der Waals surface area contributed by atoms with Crippen molar-refractivity contribution in [2.24, 2.45) is 11.8 Å². The average Bonchev–Trinajstić information content (AvgIpc) is 2.80. The van der Waals surface area contributed by atoms with Gasteiger partial charge in [0, 0.05) is 15.8 Å². The molecule has 0 aromatic carbocycles. The van der Waals surface area contributed by atoms with Crippen molar-refractivity contribution in [1.82, 2.24) is 5.32 Å². The molecule has 1 saturated carbocycles. The second-order valence-electron chi connectivity index (χ2n) is 6.34. The lowest BCUT2D eigenvalue weighted by molar-refractivity contribution is -0.125. The van der Waals surface area contributed by atoms with Crippen molar-refractivity contribution in [2.75, 3.05) is 6.61 Å². The fourth-order valence-corrected chi connectivity index (χ4v) is 3.99. The van der Waals surface area contributed by atoms with E-state index in [1.165, 1.54) is 6.42 Å². The molecule has 1 heterocycles. The van der Waals surface area contributed by atoms with E-state index in [4.69, 9.17) is 4.74 Å². The second kappa shape index (κ2) is 7.27. The Kier molecular flexibility index (Phi) is 5.62. The monoisotopic (exact) mass is 323 g/mol. The molecule has 1 aromatic heterocycles. The Labute approximate surface area is 136 Å². The van der Waals surface area contributed by atoms with Crippen molar-refractivity contribution in [3.63, 3.8) is 0 Å². The zero-order valence-corrected chi connectivity index (χ0v) is 14.6. The number of carbonyl (C=O) groups excluding carboxylic acids is 2. The molecule has 0 saturated heterocycles. The third-order valence-corrected chi connectivity index (χ3v) is 5.61. The minimum absolute atomic E-state index is 0.195. The van der Waals surface area contributed by atoms with Gasteiger partial charge in [-0.3, -0.25) is 4.79 Å². The van der Waals surface area contributed by atoms with Crippen LogP contribution in [0.4, 0.5) is 0 Å². The van der Waals surface area contributed by atoms with Crippen molar-refractivity contribution in [2.45, 2.75) is 53.0 Å². The Hall–Kier alpha value is -1.36. The van der Waals surface area contributed by atoms with E-state index in [1.54, 1.807) is 11.3 Å². The lowest BCUT2D eigenvalue weighted by atomic mass is 9.78. The minimum Gasteiger partial charge on any atom is -0.452 e. The maximum absolute atomic E-state index is 12.0. The summed E-state index contributed by atoms with van der Waals surface area (Å²) in [4.78, 5) is 26.0. The molecule has 0 radical (unpaired) electrons. The van der Waals surface area contributed by atoms with Crippen molar-refractivity contribution in [3.05, 3.63) is 21.4 Å². The van der Waals surface area contributed by atoms with Crippen LogP contribution in [-0.4, -0.2) is 24.5 Å². The van der Waals surface area contributed by atoms with Crippen LogP contribution >= 0.6 is 11.3 Å². The summed E-state index contributed by atoms with van der Waals surface area (Å²) in [6.07, 6.45) is 3.37. The number of hydrogen-bond acceptors (Lipinski definition) is 4. The van der Waals surface area contributed by atoms with Gasteiger partial charge >= 0.3 is 5.97 Å². The van der Waals surface area contributed by atoms with Crippen LogP contribution in [-0.2, 0) is 9.53 Å². The van der Waals surface area contributed by atoms with E-state index in [1.807, 2.05) is 19.9 Å². The van der Waals surface area contributed by atoms with Crippen LogP contribution in [0.1, 0.15) is 53.2 Å². The summed E-state index contributed by atoms with van der Waals surface area (Å²) in [5.74, 6) is 0.471. The van der Waals surface area contributed by atoms with Crippen molar-refractivity contribution >= 4 is 23.2 Å². The van der Waals surface area contributed by atoms with Crippen LogP contribution in [0.15, 0.2) is 6.07 Å². The van der Waals surface area contributed by atoms with Gasteiger partial charge in [0.2, 0.25) is 0 Å². The van der Waals surface area contributed by atoms with E-state index in [0.29, 0.717) is 17.4 Å². The normalized spacial score (nSPS) is 24.8. The number of thiophene rings is 1. The van der Waals surface area contributed by atoms with Gasteiger partial charge in [-0.25, -0.2) is 4.79 Å². The lowest BCUT2D eigenvalue weighted by Gasteiger charge is -2.34. The van der Waals surface area contributed by atoms with E-state index in [2.05, 4.69) is 19.2 Å². The predicted molar refractivity (Wildman–Crippen MR) is 88.2 cm³/mol.